The van der Waals surface area contributed by atoms with Gasteiger partial charge in [-0.05, 0) is 36.8 Å². The van der Waals surface area contributed by atoms with E-state index in [0.717, 1.165) is 17.7 Å². The number of rotatable bonds is 5. The van der Waals surface area contributed by atoms with Crippen molar-refractivity contribution in [1.29, 1.82) is 5.26 Å². The second kappa shape index (κ2) is 8.97. The first-order chi connectivity index (χ1) is 14.4. The van der Waals surface area contributed by atoms with E-state index < -0.39 is 35.2 Å². The molecule has 0 saturated carbocycles. The molecule has 0 aliphatic heterocycles. The summed E-state index contributed by atoms with van der Waals surface area (Å²) >= 11 is 0. The monoisotopic (exact) mass is 407 g/mol. The lowest BCUT2D eigenvalue weighted by atomic mass is 10.1. The van der Waals surface area contributed by atoms with E-state index in [2.05, 4.69) is 0 Å². The number of ether oxygens (including phenoxy) is 2. The van der Waals surface area contributed by atoms with Crippen molar-refractivity contribution in [3.8, 4) is 11.8 Å². The molecule has 0 radical (unpaired) electrons. The van der Waals surface area contributed by atoms with E-state index >= 15 is 0 Å². The van der Waals surface area contributed by atoms with Crippen molar-refractivity contribution in [1.82, 2.24) is 0 Å². The van der Waals surface area contributed by atoms with Crippen LogP contribution in [-0.2, 0) is 4.74 Å². The van der Waals surface area contributed by atoms with Gasteiger partial charge in [-0.3, -0.25) is 0 Å². The van der Waals surface area contributed by atoms with Gasteiger partial charge >= 0.3 is 11.9 Å². The number of halogens is 2. The minimum absolute atomic E-state index is 0.0628. The fourth-order valence-corrected chi connectivity index (χ4v) is 2.64. The maximum atomic E-state index is 13.6. The van der Waals surface area contributed by atoms with Crippen LogP contribution in [0.15, 0.2) is 66.7 Å². The number of nitrogens with zero attached hydrogens (tertiary/aromatic N) is 1. The molecule has 3 aromatic rings. The van der Waals surface area contributed by atoms with Crippen LogP contribution >= 0.6 is 0 Å². The highest BCUT2D eigenvalue weighted by molar-refractivity contribution is 5.94. The van der Waals surface area contributed by atoms with Crippen molar-refractivity contribution >= 4 is 11.9 Å². The van der Waals surface area contributed by atoms with Crippen LogP contribution in [0.3, 0.4) is 0 Å². The molecule has 150 valence electrons. The molecule has 0 bridgehead atoms. The van der Waals surface area contributed by atoms with E-state index in [4.69, 9.17) is 14.7 Å². The third-order valence-corrected chi connectivity index (χ3v) is 4.25. The van der Waals surface area contributed by atoms with Crippen molar-refractivity contribution in [2.75, 3.05) is 0 Å². The van der Waals surface area contributed by atoms with Crippen molar-refractivity contribution in [3.05, 3.63) is 101 Å². The minimum Gasteiger partial charge on any atom is -0.454 e. The number of hydrogen-bond donors (Lipinski definition) is 0. The lowest BCUT2D eigenvalue weighted by molar-refractivity contribution is 0.0337. The van der Waals surface area contributed by atoms with Crippen LogP contribution in [0.1, 0.15) is 44.9 Å². The summed E-state index contributed by atoms with van der Waals surface area (Å²) in [5.41, 5.74) is 0.368. The smallest absolute Gasteiger partial charge is 0.343 e. The topological polar surface area (TPSA) is 76.4 Å². The molecule has 0 heterocycles. The molecule has 0 aromatic heterocycles. The van der Waals surface area contributed by atoms with Gasteiger partial charge in [-0.15, -0.1) is 0 Å². The van der Waals surface area contributed by atoms with Gasteiger partial charge in [-0.1, -0.05) is 30.3 Å². The summed E-state index contributed by atoms with van der Waals surface area (Å²) in [6.45, 7) is 1.74. The van der Waals surface area contributed by atoms with Crippen molar-refractivity contribution in [3.63, 3.8) is 0 Å². The average Bonchev–Trinajstić information content (AvgIpc) is 2.74. The van der Waals surface area contributed by atoms with E-state index in [-0.39, 0.29) is 16.9 Å². The molecule has 0 fully saturated rings. The number of esters is 2. The molecule has 0 saturated heterocycles. The molecule has 0 spiro atoms. The Morgan fingerprint density at radius 2 is 1.43 bits per heavy atom. The van der Waals surface area contributed by atoms with Crippen LogP contribution in [0.5, 0.6) is 5.75 Å². The van der Waals surface area contributed by atoms with Gasteiger partial charge in [0.25, 0.3) is 0 Å². The molecule has 0 N–H and O–H groups in total. The summed E-state index contributed by atoms with van der Waals surface area (Å²) in [5.74, 6) is -4.09. The highest BCUT2D eigenvalue weighted by Gasteiger charge is 2.17. The average molecular weight is 407 g/mol. The molecule has 1 atom stereocenters. The fourth-order valence-electron chi connectivity index (χ4n) is 2.64. The van der Waals surface area contributed by atoms with Crippen LogP contribution in [-0.4, -0.2) is 11.9 Å². The molecule has 30 heavy (non-hydrogen) atoms. The zero-order valence-electron chi connectivity index (χ0n) is 15.8. The molecular weight excluding hydrogens is 392 g/mol. The van der Waals surface area contributed by atoms with Crippen LogP contribution in [0, 0.1) is 23.0 Å². The summed E-state index contributed by atoms with van der Waals surface area (Å²) in [5, 5.41) is 8.66. The predicted molar refractivity (Wildman–Crippen MR) is 103 cm³/mol. The summed E-state index contributed by atoms with van der Waals surface area (Å²) in [6, 6.07) is 17.5. The number of nitriles is 1. The Bertz CT molecular complexity index is 1100. The molecule has 7 heteroatoms. The first kappa shape index (κ1) is 20.7. The van der Waals surface area contributed by atoms with Gasteiger partial charge in [0.2, 0.25) is 0 Å². The highest BCUT2D eigenvalue weighted by Crippen LogP contribution is 2.22. The Morgan fingerprint density at radius 3 is 1.97 bits per heavy atom. The second-order valence-electron chi connectivity index (χ2n) is 6.30. The lowest BCUT2D eigenvalue weighted by Gasteiger charge is -2.13. The Labute approximate surface area is 171 Å². The van der Waals surface area contributed by atoms with Gasteiger partial charge in [0.05, 0.1) is 11.1 Å². The number of benzene rings is 3. The van der Waals surface area contributed by atoms with E-state index in [9.17, 15) is 18.4 Å². The Balaban J connectivity index is 1.67. The van der Waals surface area contributed by atoms with E-state index in [0.29, 0.717) is 0 Å². The number of carbonyl (C=O) groups is 2. The van der Waals surface area contributed by atoms with Gasteiger partial charge in [0, 0.05) is 12.1 Å². The maximum Gasteiger partial charge on any atom is 0.343 e. The fraction of sp³-hybridized carbons (Fsp3) is 0.0870. The number of hydrogen-bond acceptors (Lipinski definition) is 5. The van der Waals surface area contributed by atoms with Gasteiger partial charge in [-0.2, -0.15) is 5.26 Å². The van der Waals surface area contributed by atoms with Gasteiger partial charge in [0.15, 0.2) is 0 Å². The molecule has 1 unspecified atom stereocenters. The van der Waals surface area contributed by atoms with Crippen LogP contribution in [0.2, 0.25) is 0 Å². The predicted octanol–water partition coefficient (Wildman–Crippen LogP) is 4.97. The molecule has 3 aromatic carbocycles. The molecule has 0 aliphatic carbocycles. The summed E-state index contributed by atoms with van der Waals surface area (Å²) in [7, 11) is 0. The molecule has 0 amide bonds. The summed E-state index contributed by atoms with van der Waals surface area (Å²) in [6.07, 6.45) is -0.454. The Hall–Kier alpha value is -4.05. The SMILES string of the molecule is CC(OC(=O)c1ccc(C(=O)Oc2cc(F)c(C#N)c(F)c2)cc1)c1ccccc1. The second-order valence-corrected chi connectivity index (χ2v) is 6.30. The van der Waals surface area contributed by atoms with Crippen molar-refractivity contribution < 1.29 is 27.8 Å². The highest BCUT2D eigenvalue weighted by atomic mass is 19.1. The van der Waals surface area contributed by atoms with E-state index in [1.165, 1.54) is 30.3 Å². The van der Waals surface area contributed by atoms with Gasteiger partial charge in [0.1, 0.15) is 35.1 Å². The van der Waals surface area contributed by atoms with Crippen LogP contribution in [0.4, 0.5) is 8.78 Å². The molecule has 0 aliphatic rings. The normalized spacial score (nSPS) is 11.3. The quantitative estimate of drug-likeness (QED) is 0.441. The minimum atomic E-state index is -1.13. The molecule has 5 nitrogen and oxygen atoms in total. The maximum absolute atomic E-state index is 13.6. The third-order valence-electron chi connectivity index (χ3n) is 4.25. The Morgan fingerprint density at radius 1 is 0.900 bits per heavy atom. The lowest BCUT2D eigenvalue weighted by Crippen LogP contribution is -2.11. The van der Waals surface area contributed by atoms with E-state index in [1.807, 2.05) is 30.3 Å². The van der Waals surface area contributed by atoms with Crippen LogP contribution in [0.25, 0.3) is 0 Å². The number of carbonyl (C=O) groups excluding carboxylic acids is 2. The third kappa shape index (κ3) is 4.67. The largest absolute Gasteiger partial charge is 0.454 e. The molecule has 3 rings (SSSR count). The Kier molecular flexibility index (Phi) is 6.18. The van der Waals surface area contributed by atoms with Gasteiger partial charge in [-0.25, -0.2) is 18.4 Å². The zero-order valence-corrected chi connectivity index (χ0v) is 15.8. The summed E-state index contributed by atoms with van der Waals surface area (Å²) < 4.78 is 37.6. The van der Waals surface area contributed by atoms with Crippen LogP contribution < -0.4 is 4.74 Å². The first-order valence-electron chi connectivity index (χ1n) is 8.86. The standard InChI is InChI=1S/C23H15F2NO4/c1-14(15-5-3-2-4-6-15)29-22(27)16-7-9-17(10-8-16)23(28)30-18-11-20(24)19(13-26)21(25)12-18/h2-12,14H,1H3. The van der Waals surface area contributed by atoms with E-state index in [1.54, 1.807) is 6.92 Å². The van der Waals surface area contributed by atoms with Crippen molar-refractivity contribution in [2.45, 2.75) is 13.0 Å². The van der Waals surface area contributed by atoms with Crippen molar-refractivity contribution in [2.24, 2.45) is 0 Å². The first-order valence-corrected chi connectivity index (χ1v) is 8.86. The zero-order chi connectivity index (χ0) is 21.7. The van der Waals surface area contributed by atoms with Gasteiger partial charge < -0.3 is 9.47 Å². The molecular formula is C23H15F2NO4. The summed E-state index contributed by atoms with van der Waals surface area (Å²) in [4.78, 5) is 24.5.